The van der Waals surface area contributed by atoms with Crippen LogP contribution in [0.1, 0.15) is 216 Å². The van der Waals surface area contributed by atoms with Crippen molar-refractivity contribution in [3.8, 4) is 5.75 Å². The third-order valence-electron chi connectivity index (χ3n) is 21.7. The van der Waals surface area contributed by atoms with E-state index in [-0.39, 0.29) is 140 Å². The van der Waals surface area contributed by atoms with Gasteiger partial charge in [-0.25, -0.2) is 9.68 Å². The van der Waals surface area contributed by atoms with Crippen molar-refractivity contribution in [3.63, 3.8) is 0 Å². The van der Waals surface area contributed by atoms with Crippen LogP contribution in [-0.2, 0) is 132 Å². The molecule has 1 aromatic carbocycles. The quantitative estimate of drug-likeness (QED) is 0.0189. The minimum absolute atomic E-state index is 0.0354. The Labute approximate surface area is 760 Å². The number of unbranched alkanes of at least 4 members (excludes halogenated alkanes) is 24. The zero-order chi connectivity index (χ0) is 93.4. The highest BCUT2D eigenvalue weighted by Gasteiger charge is 2.54. The maximum absolute atomic E-state index is 12.8. The number of benzene rings is 1. The monoisotopic (exact) mass is 1890 g/mol. The Kier molecular flexibility index (Phi) is 61.5. The maximum Gasteiger partial charge on any atom is 0.315 e. The number of thioether (sulfide) groups is 1. The zero-order valence-electron chi connectivity index (χ0n) is 74.2. The van der Waals surface area contributed by atoms with E-state index in [2.05, 4.69) is 92.6 Å². The van der Waals surface area contributed by atoms with Crippen LogP contribution in [0.4, 0.5) is 4.79 Å². The Hall–Kier alpha value is -5.78. The SMILES string of the molecule is CC(=O)NC1C(O)[C@H](O[C@@H]2OC(CO)[C@H](O)C(O[C@H]3OC(CO)[C@H](O)C(O)C3O)C2O)C(CO)O[C@H]1OCCCNC(=O)CCOCCOCCOCCOCCNC(=O)COc1cccc(C(=O)NCCNC(=O)CCCCCCCCCCCCCCCCCCCCCCCCCCOOOOOOOOOOOONC(=O)CCCC[C@@H]2SC[C@@H]3NC(=O)N[C@@H]32)c1. The van der Waals surface area contributed by atoms with Crippen LogP contribution < -0.4 is 47.4 Å². The molecule has 5 fully saturated rings. The summed E-state index contributed by atoms with van der Waals surface area (Å²) in [5.74, 6) is -0.920. The summed E-state index contributed by atoms with van der Waals surface area (Å²) in [5, 5.41) is 154. The van der Waals surface area contributed by atoms with Crippen LogP contribution >= 0.6 is 11.8 Å². The molecule has 1 aromatic rings. The second-order valence-electron chi connectivity index (χ2n) is 31.8. The highest BCUT2D eigenvalue weighted by atomic mass is 32.2. The standard InChI is InChI=1S/C82H142N8O39S/c1-56(94)87-69-72(101)76(117-81-75(104)77(71(100)61(52-92)115-81)118-80-74(103)73(102)70(99)60(51-91)114-80)62(53-93)116-79(69)111-40-29-36-83-65(96)35-42-107-44-46-109-48-49-110-47-45-108-43-39-85-67(98)54-112-58-31-28-30-57(50-58)78(105)86-38-37-84-64(95)33-24-22-20-18-16-14-12-10-8-6-4-2-3-5-7-9-11-13-15-17-19-21-23-27-41-113-120-122-124-126-128-129-127-125-123-121-119-90-66(97)34-26-25-32-63-68-59(55-130-63)88-82(106)89-68/h28,30-31,50,59-63,68-77,79-81,91-93,99-104H,2-27,29,32-49,51-55H2,1H3,(H,83,96)(H,84,95)(H,85,98)(H,86,105)(H,87,94)(H,90,97)(H2,88,89,106)/t59-,60?,61?,62?,63-,68-,69?,70-,71-,72?,73?,74?,75?,76+,77?,79+,80+,81-/m0/s1. The highest BCUT2D eigenvalue weighted by Crippen LogP contribution is 2.35. The molecule has 0 spiro atoms. The molecule has 130 heavy (non-hydrogen) atoms. The maximum atomic E-state index is 12.8. The lowest BCUT2D eigenvalue weighted by Crippen LogP contribution is -2.68. The van der Waals surface area contributed by atoms with Crippen molar-refractivity contribution in [1.29, 1.82) is 0 Å². The topological polar surface area (TPSA) is 610 Å². The Balaban J connectivity index is 0.607. The van der Waals surface area contributed by atoms with E-state index >= 15 is 0 Å². The van der Waals surface area contributed by atoms with Crippen molar-refractivity contribution in [1.82, 2.24) is 42.7 Å². The molecule has 18 atom stereocenters. The lowest BCUT2D eigenvalue weighted by atomic mass is 9.95. The highest BCUT2D eigenvalue weighted by molar-refractivity contribution is 8.00. The Morgan fingerprint density at radius 3 is 1.53 bits per heavy atom. The number of hydrogen-bond donors (Lipinski definition) is 17. The second kappa shape index (κ2) is 70.8. The molecule has 0 saturated carbocycles. The van der Waals surface area contributed by atoms with Crippen molar-refractivity contribution in [3.05, 3.63) is 29.8 Å². The van der Waals surface area contributed by atoms with Gasteiger partial charge in [0.15, 0.2) is 25.5 Å². The van der Waals surface area contributed by atoms with E-state index in [0.717, 1.165) is 64.0 Å². The molecular formula is C82H142N8O39S. The largest absolute Gasteiger partial charge is 0.484 e. The number of carbonyl (C=O) groups excluding carboxylic acids is 7. The summed E-state index contributed by atoms with van der Waals surface area (Å²) < 4.78 is 61.9. The van der Waals surface area contributed by atoms with Crippen LogP contribution in [-0.4, -0.2) is 321 Å². The average molecular weight is 1900 g/mol. The van der Waals surface area contributed by atoms with Gasteiger partial charge in [0, 0.05) is 68.9 Å². The molecule has 9 unspecified atom stereocenters. The summed E-state index contributed by atoms with van der Waals surface area (Å²) in [6, 6.07) is 5.28. The van der Waals surface area contributed by atoms with E-state index in [1.807, 2.05) is 5.48 Å². The van der Waals surface area contributed by atoms with Gasteiger partial charge < -0.3 is 135 Å². The predicted octanol–water partition coefficient (Wildman–Crippen LogP) is 1.37. The summed E-state index contributed by atoms with van der Waals surface area (Å²) in [5.41, 5.74) is 2.32. The van der Waals surface area contributed by atoms with Gasteiger partial charge in [0.25, 0.3) is 11.8 Å². The fraction of sp³-hybridized carbons (Fsp3) is 0.841. The number of rotatable bonds is 79. The fourth-order valence-electron chi connectivity index (χ4n) is 14.7. The van der Waals surface area contributed by atoms with Crippen molar-refractivity contribution in [2.24, 2.45) is 0 Å². The van der Waals surface area contributed by atoms with Gasteiger partial charge in [0.2, 0.25) is 23.6 Å². The number of amides is 8. The molecule has 5 aliphatic heterocycles. The summed E-state index contributed by atoms with van der Waals surface area (Å²) in [7, 11) is 0. The molecule has 17 N–H and O–H groups in total. The van der Waals surface area contributed by atoms with E-state index in [9.17, 15) is 79.5 Å². The molecule has 5 heterocycles. The first-order valence-corrected chi connectivity index (χ1v) is 46.5. The number of aliphatic hydroxyl groups excluding tert-OH is 9. The van der Waals surface area contributed by atoms with Gasteiger partial charge in [-0.1, -0.05) is 159 Å². The van der Waals surface area contributed by atoms with Crippen LogP contribution in [0, 0.1) is 0 Å². The number of nitrogens with one attached hydrogen (secondary N) is 8. The lowest BCUT2D eigenvalue weighted by Gasteiger charge is -2.48. The van der Waals surface area contributed by atoms with Gasteiger partial charge in [0.05, 0.1) is 98.0 Å². The number of ether oxygens (including phenoxy) is 11. The summed E-state index contributed by atoms with van der Waals surface area (Å²) >= 11 is 1.81. The van der Waals surface area contributed by atoms with E-state index in [4.69, 9.17) is 57.0 Å². The number of fused-ring (bicyclic) bond motifs is 1. The van der Waals surface area contributed by atoms with Gasteiger partial charge >= 0.3 is 6.03 Å². The average Bonchev–Trinajstić information content (AvgIpc) is 1.07. The van der Waals surface area contributed by atoms with Gasteiger partial charge in [0.1, 0.15) is 78.9 Å². The molecule has 5 saturated heterocycles. The van der Waals surface area contributed by atoms with Crippen LogP contribution in [0.3, 0.4) is 0 Å². The number of urea groups is 1. The normalized spacial score (nSPS) is 24.8. The summed E-state index contributed by atoms with van der Waals surface area (Å²) in [6.07, 6.45) is 8.33. The third kappa shape index (κ3) is 47.6. The molecule has 0 radical (unpaired) electrons. The molecule has 5 aliphatic rings. The first-order valence-electron chi connectivity index (χ1n) is 45.4. The lowest BCUT2D eigenvalue weighted by molar-refractivity contribution is -0.864. The van der Waals surface area contributed by atoms with Crippen LogP contribution in [0.2, 0.25) is 0 Å². The van der Waals surface area contributed by atoms with Gasteiger partial charge in [-0.2, -0.15) is 17.2 Å². The molecule has 0 bridgehead atoms. The Morgan fingerprint density at radius 2 is 0.931 bits per heavy atom. The molecule has 48 heteroatoms. The van der Waals surface area contributed by atoms with E-state index in [1.54, 1.807) is 36.0 Å². The van der Waals surface area contributed by atoms with Crippen molar-refractivity contribution in [2.45, 2.75) is 315 Å². The summed E-state index contributed by atoms with van der Waals surface area (Å²) in [4.78, 5) is 94.9. The van der Waals surface area contributed by atoms with Crippen molar-refractivity contribution in [2.75, 3.05) is 124 Å². The zero-order valence-corrected chi connectivity index (χ0v) is 75.1. The number of hydroxylamine groups is 1. The molecular weight excluding hydrogens is 1750 g/mol. The van der Waals surface area contributed by atoms with Crippen molar-refractivity contribution < 1.29 is 192 Å². The van der Waals surface area contributed by atoms with E-state index in [1.165, 1.54) is 116 Å². The number of aliphatic hydroxyl groups is 9. The van der Waals surface area contributed by atoms with Crippen molar-refractivity contribution >= 4 is 53.2 Å². The molecule has 0 aromatic heterocycles. The van der Waals surface area contributed by atoms with E-state index < -0.39 is 124 Å². The first kappa shape index (κ1) is 113. The second-order valence-corrected chi connectivity index (χ2v) is 33.1. The van der Waals surface area contributed by atoms with Crippen LogP contribution in [0.5, 0.6) is 5.75 Å². The third-order valence-corrected chi connectivity index (χ3v) is 23.2. The van der Waals surface area contributed by atoms with Gasteiger partial charge in [-0.3, -0.25) is 28.8 Å². The minimum atomic E-state index is -1.98. The predicted molar refractivity (Wildman–Crippen MR) is 448 cm³/mol. The Bertz CT molecular complexity index is 3170. The number of hydrogen-bond acceptors (Lipinski definition) is 40. The Morgan fingerprint density at radius 1 is 0.438 bits per heavy atom. The molecule has 6 rings (SSSR count). The fourth-order valence-corrected chi connectivity index (χ4v) is 16.3. The van der Waals surface area contributed by atoms with Gasteiger partial charge in [-0.05, 0) is 101 Å². The number of carbonyl (C=O) groups is 7. The van der Waals surface area contributed by atoms with E-state index in [0.29, 0.717) is 49.2 Å². The van der Waals surface area contributed by atoms with Crippen LogP contribution in [0.15, 0.2) is 24.3 Å². The first-order chi connectivity index (χ1) is 63.3. The molecule has 750 valence electrons. The molecule has 47 nitrogen and oxygen atoms in total. The molecule has 0 aliphatic carbocycles. The minimum Gasteiger partial charge on any atom is -0.484 e. The van der Waals surface area contributed by atoms with Crippen LogP contribution in [0.25, 0.3) is 0 Å². The molecule has 8 amide bonds. The van der Waals surface area contributed by atoms with Gasteiger partial charge in [-0.15, -0.1) is 0 Å². The summed E-state index contributed by atoms with van der Waals surface area (Å²) in [6.45, 7) is 1.58. The smallest absolute Gasteiger partial charge is 0.315 e.